The number of rotatable bonds is 10. The van der Waals surface area contributed by atoms with Gasteiger partial charge in [0.2, 0.25) is 0 Å². The van der Waals surface area contributed by atoms with E-state index in [9.17, 15) is 14.4 Å². The van der Waals surface area contributed by atoms with Crippen molar-refractivity contribution in [1.82, 2.24) is 4.57 Å². The van der Waals surface area contributed by atoms with Crippen LogP contribution >= 0.6 is 11.3 Å². The number of allylic oxidation sites excluding steroid dienone is 1. The van der Waals surface area contributed by atoms with Crippen molar-refractivity contribution < 1.29 is 33.0 Å². The molecule has 0 aliphatic carbocycles. The molecule has 0 saturated heterocycles. The van der Waals surface area contributed by atoms with Crippen molar-refractivity contribution in [1.29, 1.82) is 0 Å². The van der Waals surface area contributed by atoms with E-state index in [0.717, 1.165) is 0 Å². The van der Waals surface area contributed by atoms with Crippen LogP contribution in [0.15, 0.2) is 55.8 Å². The van der Waals surface area contributed by atoms with E-state index >= 15 is 0 Å². The first kappa shape index (κ1) is 28.7. The van der Waals surface area contributed by atoms with E-state index in [4.69, 9.17) is 18.6 Å². The Bertz CT molecular complexity index is 1630. The minimum absolute atomic E-state index is 0.157. The molecule has 1 aliphatic rings. The second-order valence-electron chi connectivity index (χ2n) is 8.88. The van der Waals surface area contributed by atoms with Gasteiger partial charge in [0.1, 0.15) is 5.76 Å². The van der Waals surface area contributed by atoms with Crippen LogP contribution < -0.4 is 29.3 Å². The Kier molecular flexibility index (Phi) is 8.78. The fourth-order valence-corrected chi connectivity index (χ4v) is 5.20. The zero-order valence-corrected chi connectivity index (χ0v) is 24.0. The lowest BCUT2D eigenvalue weighted by Crippen LogP contribution is -2.40. The molecular formula is C28H31N3O8S. The molecule has 212 valence electrons. The van der Waals surface area contributed by atoms with E-state index in [2.05, 4.69) is 9.73 Å². The molecular weight excluding hydrogens is 538 g/mol. The van der Waals surface area contributed by atoms with Crippen LogP contribution in [0.3, 0.4) is 0 Å². The minimum atomic E-state index is -0.847. The number of carbonyl (C=O) groups excluding carboxylic acids is 2. The van der Waals surface area contributed by atoms with Gasteiger partial charge >= 0.3 is 11.9 Å². The van der Waals surface area contributed by atoms with Gasteiger partial charge in [-0.3, -0.25) is 9.36 Å². The molecule has 4 rings (SSSR count). The van der Waals surface area contributed by atoms with Gasteiger partial charge in [-0.05, 0) is 44.5 Å². The van der Waals surface area contributed by atoms with Gasteiger partial charge in [0.25, 0.3) is 5.56 Å². The molecule has 3 aromatic rings. The summed E-state index contributed by atoms with van der Waals surface area (Å²) in [6.07, 6.45) is 1.66. The van der Waals surface area contributed by atoms with Crippen LogP contribution in [-0.2, 0) is 19.1 Å². The molecule has 2 aromatic heterocycles. The summed E-state index contributed by atoms with van der Waals surface area (Å²) in [7, 11) is 4.99. The number of furan rings is 1. The second kappa shape index (κ2) is 12.2. The number of aromatic nitrogens is 1. The smallest absolute Gasteiger partial charge is 0.343 e. The first-order valence-electron chi connectivity index (χ1n) is 12.6. The number of nitrogens with zero attached hydrogens (tertiary/aromatic N) is 3. The highest BCUT2D eigenvalue weighted by molar-refractivity contribution is 7.07. The monoisotopic (exact) mass is 569 g/mol. The van der Waals surface area contributed by atoms with E-state index in [0.29, 0.717) is 50.3 Å². The third-order valence-electron chi connectivity index (χ3n) is 6.00. The molecule has 1 atom stereocenters. The van der Waals surface area contributed by atoms with Gasteiger partial charge in [0.05, 0.1) is 42.2 Å². The summed E-state index contributed by atoms with van der Waals surface area (Å²) >= 11 is 1.20. The fraction of sp³-hybridized carbons (Fsp3) is 0.357. The van der Waals surface area contributed by atoms with Gasteiger partial charge in [-0.25, -0.2) is 14.6 Å². The summed E-state index contributed by atoms with van der Waals surface area (Å²) in [5.74, 6) is 0.699. The number of anilines is 1. The molecule has 1 aromatic carbocycles. The van der Waals surface area contributed by atoms with Crippen LogP contribution in [0.1, 0.15) is 38.1 Å². The molecule has 0 fully saturated rings. The Balaban J connectivity index is 1.88. The van der Waals surface area contributed by atoms with Crippen molar-refractivity contribution in [3.63, 3.8) is 0 Å². The summed E-state index contributed by atoms with van der Waals surface area (Å²) in [6.45, 7) is 5.40. The summed E-state index contributed by atoms with van der Waals surface area (Å²) in [5.41, 5.74) is 0.911. The Morgan fingerprint density at radius 1 is 1.12 bits per heavy atom. The molecule has 0 unspecified atom stereocenters. The van der Waals surface area contributed by atoms with Gasteiger partial charge in [0.15, 0.2) is 28.8 Å². The number of fused-ring (bicyclic) bond motifs is 1. The van der Waals surface area contributed by atoms with Gasteiger partial charge < -0.3 is 28.3 Å². The van der Waals surface area contributed by atoms with Gasteiger partial charge in [-0.1, -0.05) is 17.4 Å². The molecule has 12 heteroatoms. The minimum Gasteiger partial charge on any atom is -0.490 e. The standard InChI is InChI=1S/C28H31N3O8S/c1-7-36-20-13-17(9-11-19(20)38-15-23(32)35-6)25-24(27(34)37-8-2)16(3)29-28-31(25)26(33)21(40-28)14-18-10-12-22(39-18)30(4)5/h9-14,25H,7-8,15H2,1-6H3/b21-14-/t25-/m0/s1. The number of esters is 2. The van der Waals surface area contributed by atoms with Gasteiger partial charge in [0, 0.05) is 26.2 Å². The van der Waals surface area contributed by atoms with Crippen molar-refractivity contribution in [2.75, 3.05) is 45.9 Å². The predicted molar refractivity (Wildman–Crippen MR) is 149 cm³/mol. The number of hydrogen-bond donors (Lipinski definition) is 0. The Morgan fingerprint density at radius 2 is 1.90 bits per heavy atom. The number of thiazole rings is 1. The maximum absolute atomic E-state index is 13.8. The van der Waals surface area contributed by atoms with E-state index in [1.54, 1.807) is 44.2 Å². The number of hydrogen-bond acceptors (Lipinski definition) is 11. The topological polar surface area (TPSA) is 122 Å². The second-order valence-corrected chi connectivity index (χ2v) is 9.89. The quantitative estimate of drug-likeness (QED) is 0.339. The van der Waals surface area contributed by atoms with Crippen molar-refractivity contribution >= 4 is 35.2 Å². The number of methoxy groups -OCH3 is 1. The summed E-state index contributed by atoms with van der Waals surface area (Å²) in [4.78, 5) is 45.5. The summed E-state index contributed by atoms with van der Waals surface area (Å²) in [6, 6.07) is 7.77. The maximum Gasteiger partial charge on any atom is 0.343 e. The average molecular weight is 570 g/mol. The van der Waals surface area contributed by atoms with Crippen LogP contribution in [0, 0.1) is 0 Å². The van der Waals surface area contributed by atoms with Crippen LogP contribution in [0.2, 0.25) is 0 Å². The Labute approximate surface area is 234 Å². The van der Waals surface area contributed by atoms with E-state index < -0.39 is 18.0 Å². The normalized spacial score (nSPS) is 14.8. The molecule has 1 aliphatic heterocycles. The highest BCUT2D eigenvalue weighted by atomic mass is 32.1. The van der Waals surface area contributed by atoms with Gasteiger partial charge in [-0.15, -0.1) is 0 Å². The van der Waals surface area contributed by atoms with Crippen LogP contribution in [-0.4, -0.2) is 57.5 Å². The highest BCUT2D eigenvalue weighted by Gasteiger charge is 2.34. The number of carbonyl (C=O) groups is 2. The molecule has 0 spiro atoms. The number of ether oxygens (including phenoxy) is 4. The Morgan fingerprint density at radius 3 is 2.55 bits per heavy atom. The lowest BCUT2D eigenvalue weighted by atomic mass is 9.95. The zero-order valence-electron chi connectivity index (χ0n) is 23.2. The molecule has 0 saturated carbocycles. The summed E-state index contributed by atoms with van der Waals surface area (Å²) < 4.78 is 29.1. The predicted octanol–water partition coefficient (Wildman–Crippen LogP) is 2.41. The van der Waals surface area contributed by atoms with E-state index in [1.807, 2.05) is 32.0 Å². The van der Waals surface area contributed by atoms with Gasteiger partial charge in [-0.2, -0.15) is 0 Å². The third-order valence-corrected chi connectivity index (χ3v) is 6.98. The lowest BCUT2D eigenvalue weighted by Gasteiger charge is -2.25. The molecule has 40 heavy (non-hydrogen) atoms. The van der Waals surface area contributed by atoms with Crippen molar-refractivity contribution in [3.8, 4) is 11.5 Å². The van der Waals surface area contributed by atoms with Crippen molar-refractivity contribution in [2.45, 2.75) is 26.8 Å². The molecule has 0 amide bonds. The highest BCUT2D eigenvalue weighted by Crippen LogP contribution is 2.36. The largest absolute Gasteiger partial charge is 0.490 e. The first-order chi connectivity index (χ1) is 19.2. The maximum atomic E-state index is 13.8. The SMILES string of the molecule is CCOC(=O)C1=C(C)N=c2s/c(=C\c3ccc(N(C)C)o3)c(=O)n2[C@H]1c1ccc(OCC(=O)OC)c(OCC)c1. The third kappa shape index (κ3) is 5.81. The zero-order chi connectivity index (χ0) is 29.0. The first-order valence-corrected chi connectivity index (χ1v) is 13.4. The van der Waals surface area contributed by atoms with E-state index in [-0.39, 0.29) is 24.3 Å². The van der Waals surface area contributed by atoms with Crippen LogP contribution in [0.5, 0.6) is 11.5 Å². The lowest BCUT2D eigenvalue weighted by molar-refractivity contribution is -0.143. The molecule has 0 N–H and O–H groups in total. The molecule has 0 bridgehead atoms. The molecule has 3 heterocycles. The van der Waals surface area contributed by atoms with E-state index in [1.165, 1.54) is 23.0 Å². The molecule has 0 radical (unpaired) electrons. The fourth-order valence-electron chi connectivity index (χ4n) is 4.17. The van der Waals surface area contributed by atoms with Crippen molar-refractivity contribution in [3.05, 3.63) is 72.6 Å². The molecule has 11 nitrogen and oxygen atoms in total. The number of benzene rings is 1. The average Bonchev–Trinajstić information content (AvgIpc) is 3.51. The van der Waals surface area contributed by atoms with Crippen molar-refractivity contribution in [2.24, 2.45) is 4.99 Å². The van der Waals surface area contributed by atoms with Crippen LogP contribution in [0.4, 0.5) is 5.88 Å². The summed E-state index contributed by atoms with van der Waals surface area (Å²) in [5, 5.41) is 0. The van der Waals surface area contributed by atoms with Crippen LogP contribution in [0.25, 0.3) is 6.08 Å². The Hall–Kier alpha value is -4.32.